The number of halogens is 1. The van der Waals surface area contributed by atoms with Crippen LogP contribution >= 0.6 is 34.4 Å². The molecule has 0 aliphatic rings. The Bertz CT molecular complexity index is 594. The summed E-state index contributed by atoms with van der Waals surface area (Å²) in [6, 6.07) is 13.9. The second-order valence-electron chi connectivity index (χ2n) is 4.05. The molecule has 0 saturated carbocycles. The third-order valence-electron chi connectivity index (χ3n) is 2.74. The molecule has 98 valence electrons. The van der Waals surface area contributed by atoms with E-state index in [1.807, 2.05) is 12.1 Å². The van der Waals surface area contributed by atoms with Crippen LogP contribution in [0, 0.1) is 3.57 Å². The number of carbonyl (C=O) groups is 1. The first kappa shape index (κ1) is 14.4. The maximum absolute atomic E-state index is 11.0. The standard InChI is InChI=1S/C15H13IO2S/c1-2-10-3-5-11(6-4-10)19-12-7-8-13(15(17)18)14(16)9-12/h3-9H,2H2,1H3,(H,17,18). The first-order valence-corrected chi connectivity index (χ1v) is 7.79. The number of benzene rings is 2. The molecular weight excluding hydrogens is 371 g/mol. The molecule has 0 radical (unpaired) electrons. The van der Waals surface area contributed by atoms with Gasteiger partial charge in [-0.2, -0.15) is 0 Å². The summed E-state index contributed by atoms with van der Waals surface area (Å²) in [4.78, 5) is 13.2. The minimum absolute atomic E-state index is 0.353. The van der Waals surface area contributed by atoms with Crippen LogP contribution in [0.2, 0.25) is 0 Å². The SMILES string of the molecule is CCc1ccc(Sc2ccc(C(=O)O)c(I)c2)cc1. The van der Waals surface area contributed by atoms with E-state index in [1.165, 1.54) is 5.56 Å². The fourth-order valence-corrected chi connectivity index (χ4v) is 3.48. The number of hydrogen-bond donors (Lipinski definition) is 1. The van der Waals surface area contributed by atoms with Gasteiger partial charge < -0.3 is 5.11 Å². The van der Waals surface area contributed by atoms with Crippen molar-refractivity contribution in [3.8, 4) is 0 Å². The summed E-state index contributed by atoms with van der Waals surface area (Å²) in [6.07, 6.45) is 1.04. The second-order valence-corrected chi connectivity index (χ2v) is 6.36. The maximum atomic E-state index is 11.0. The number of aryl methyl sites for hydroxylation is 1. The molecule has 0 saturated heterocycles. The lowest BCUT2D eigenvalue weighted by atomic mass is 10.2. The summed E-state index contributed by atoms with van der Waals surface area (Å²) in [6.45, 7) is 2.13. The van der Waals surface area contributed by atoms with E-state index in [-0.39, 0.29) is 0 Å². The van der Waals surface area contributed by atoms with Gasteiger partial charge >= 0.3 is 5.97 Å². The van der Waals surface area contributed by atoms with E-state index in [0.717, 1.165) is 19.8 Å². The molecule has 2 nitrogen and oxygen atoms in total. The quantitative estimate of drug-likeness (QED) is 0.777. The van der Waals surface area contributed by atoms with Crippen molar-refractivity contribution in [2.75, 3.05) is 0 Å². The Balaban J connectivity index is 2.18. The van der Waals surface area contributed by atoms with Crippen LogP contribution in [-0.4, -0.2) is 11.1 Å². The fraction of sp³-hybridized carbons (Fsp3) is 0.133. The molecule has 2 aromatic carbocycles. The van der Waals surface area contributed by atoms with Gasteiger partial charge in [0.05, 0.1) is 5.56 Å². The monoisotopic (exact) mass is 384 g/mol. The van der Waals surface area contributed by atoms with Crippen LogP contribution in [0.5, 0.6) is 0 Å². The number of rotatable bonds is 4. The normalized spacial score (nSPS) is 10.4. The third-order valence-corrected chi connectivity index (χ3v) is 4.63. The molecule has 2 aromatic rings. The van der Waals surface area contributed by atoms with E-state index >= 15 is 0 Å². The van der Waals surface area contributed by atoms with Gasteiger partial charge in [0.1, 0.15) is 0 Å². The van der Waals surface area contributed by atoms with Crippen LogP contribution in [-0.2, 0) is 6.42 Å². The molecule has 0 fully saturated rings. The molecule has 0 bridgehead atoms. The second kappa shape index (κ2) is 6.43. The average Bonchev–Trinajstić information content (AvgIpc) is 2.39. The fourth-order valence-electron chi connectivity index (χ4n) is 1.66. The Morgan fingerprint density at radius 2 is 1.79 bits per heavy atom. The zero-order valence-corrected chi connectivity index (χ0v) is 13.4. The van der Waals surface area contributed by atoms with Crippen LogP contribution in [0.15, 0.2) is 52.3 Å². The highest BCUT2D eigenvalue weighted by Gasteiger charge is 2.08. The number of carboxylic acid groups (broad SMARTS) is 1. The zero-order valence-electron chi connectivity index (χ0n) is 10.4. The number of aromatic carboxylic acids is 1. The Morgan fingerprint density at radius 1 is 1.16 bits per heavy atom. The van der Waals surface area contributed by atoms with E-state index in [1.54, 1.807) is 17.8 Å². The van der Waals surface area contributed by atoms with Crippen molar-refractivity contribution < 1.29 is 9.90 Å². The summed E-state index contributed by atoms with van der Waals surface area (Å²) in [5.74, 6) is -0.881. The molecule has 19 heavy (non-hydrogen) atoms. The van der Waals surface area contributed by atoms with Gasteiger partial charge in [0.15, 0.2) is 0 Å². The molecule has 0 atom stereocenters. The lowest BCUT2D eigenvalue weighted by Gasteiger charge is -2.05. The van der Waals surface area contributed by atoms with Gasteiger partial charge in [0, 0.05) is 13.4 Å². The summed E-state index contributed by atoms with van der Waals surface area (Å²) in [5.41, 5.74) is 1.67. The van der Waals surface area contributed by atoms with E-state index < -0.39 is 5.97 Å². The third kappa shape index (κ3) is 3.73. The zero-order chi connectivity index (χ0) is 13.8. The van der Waals surface area contributed by atoms with Crippen LogP contribution < -0.4 is 0 Å². The van der Waals surface area contributed by atoms with Crippen LogP contribution in [0.1, 0.15) is 22.8 Å². The smallest absolute Gasteiger partial charge is 0.336 e. The lowest BCUT2D eigenvalue weighted by Crippen LogP contribution is -1.99. The van der Waals surface area contributed by atoms with Gasteiger partial charge in [0.25, 0.3) is 0 Å². The van der Waals surface area contributed by atoms with E-state index in [2.05, 4.69) is 53.8 Å². The van der Waals surface area contributed by atoms with Gasteiger partial charge in [0.2, 0.25) is 0 Å². The van der Waals surface area contributed by atoms with Crippen molar-refractivity contribution in [3.63, 3.8) is 0 Å². The summed E-state index contributed by atoms with van der Waals surface area (Å²) < 4.78 is 0.764. The lowest BCUT2D eigenvalue weighted by molar-refractivity contribution is 0.0695. The van der Waals surface area contributed by atoms with Gasteiger partial charge in [-0.25, -0.2) is 4.79 Å². The van der Waals surface area contributed by atoms with E-state index in [4.69, 9.17) is 5.11 Å². The molecule has 4 heteroatoms. The Kier molecular flexibility index (Phi) is 4.87. The average molecular weight is 384 g/mol. The number of hydrogen-bond acceptors (Lipinski definition) is 2. The summed E-state index contributed by atoms with van der Waals surface area (Å²) >= 11 is 3.70. The van der Waals surface area contributed by atoms with Crippen molar-refractivity contribution in [2.45, 2.75) is 23.1 Å². The predicted molar refractivity (Wildman–Crippen MR) is 86.1 cm³/mol. The van der Waals surface area contributed by atoms with Crippen LogP contribution in [0.3, 0.4) is 0 Å². The van der Waals surface area contributed by atoms with Gasteiger partial charge in [-0.15, -0.1) is 0 Å². The van der Waals surface area contributed by atoms with Crippen molar-refractivity contribution in [3.05, 3.63) is 57.2 Å². The van der Waals surface area contributed by atoms with Gasteiger partial charge in [-0.3, -0.25) is 0 Å². The molecule has 2 rings (SSSR count). The molecule has 0 unspecified atom stereocenters. The first-order chi connectivity index (χ1) is 9.10. The highest BCUT2D eigenvalue weighted by molar-refractivity contribution is 14.1. The Labute approximate surface area is 130 Å². The van der Waals surface area contributed by atoms with Crippen LogP contribution in [0.4, 0.5) is 0 Å². The van der Waals surface area contributed by atoms with Crippen molar-refractivity contribution in [1.29, 1.82) is 0 Å². The maximum Gasteiger partial charge on any atom is 0.336 e. The van der Waals surface area contributed by atoms with Gasteiger partial charge in [-0.05, 0) is 64.9 Å². The van der Waals surface area contributed by atoms with E-state index in [0.29, 0.717) is 5.56 Å². The van der Waals surface area contributed by atoms with Crippen molar-refractivity contribution >= 4 is 40.3 Å². The molecule has 1 N–H and O–H groups in total. The highest BCUT2D eigenvalue weighted by Crippen LogP contribution is 2.30. The van der Waals surface area contributed by atoms with Crippen molar-refractivity contribution in [1.82, 2.24) is 0 Å². The largest absolute Gasteiger partial charge is 0.478 e. The molecule has 0 aromatic heterocycles. The topological polar surface area (TPSA) is 37.3 Å². The molecule has 0 heterocycles. The predicted octanol–water partition coefficient (Wildman–Crippen LogP) is 4.70. The highest BCUT2D eigenvalue weighted by atomic mass is 127. The van der Waals surface area contributed by atoms with E-state index in [9.17, 15) is 4.79 Å². The molecule has 0 spiro atoms. The van der Waals surface area contributed by atoms with Crippen LogP contribution in [0.25, 0.3) is 0 Å². The molecule has 0 aliphatic carbocycles. The summed E-state index contributed by atoms with van der Waals surface area (Å²) in [7, 11) is 0. The minimum atomic E-state index is -0.881. The first-order valence-electron chi connectivity index (χ1n) is 5.90. The van der Waals surface area contributed by atoms with Gasteiger partial charge in [-0.1, -0.05) is 30.8 Å². The number of carboxylic acids is 1. The Hall–Kier alpha value is -1.01. The molecular formula is C15H13IO2S. The Morgan fingerprint density at radius 3 is 2.32 bits per heavy atom. The molecule has 0 amide bonds. The molecule has 0 aliphatic heterocycles. The summed E-state index contributed by atoms with van der Waals surface area (Å²) in [5, 5.41) is 8.99. The van der Waals surface area contributed by atoms with Crippen molar-refractivity contribution in [2.24, 2.45) is 0 Å². The minimum Gasteiger partial charge on any atom is -0.478 e.